The van der Waals surface area contributed by atoms with Crippen molar-refractivity contribution in [3.63, 3.8) is 0 Å². The van der Waals surface area contributed by atoms with Gasteiger partial charge >= 0.3 is 0 Å². The van der Waals surface area contributed by atoms with Gasteiger partial charge in [0.1, 0.15) is 0 Å². The molecule has 3 rings (SSSR count). The Balaban J connectivity index is 1.90. The van der Waals surface area contributed by atoms with Crippen molar-refractivity contribution in [2.24, 2.45) is 0 Å². The normalized spacial score (nSPS) is 18.6. The zero-order chi connectivity index (χ0) is 12.6. The van der Waals surface area contributed by atoms with Gasteiger partial charge in [-0.05, 0) is 37.0 Å². The summed E-state index contributed by atoms with van der Waals surface area (Å²) in [7, 11) is 0. The summed E-state index contributed by atoms with van der Waals surface area (Å²) in [4.78, 5) is 2.47. The molecule has 1 N–H and O–H groups in total. The summed E-state index contributed by atoms with van der Waals surface area (Å²) < 4.78 is 0. The topological polar surface area (TPSA) is 20.2 Å². The van der Waals surface area contributed by atoms with Crippen LogP contribution in [0.15, 0.2) is 42.5 Å². The molecule has 0 saturated heterocycles. The summed E-state index contributed by atoms with van der Waals surface area (Å²) in [5.74, 6) is 0. The number of hydrogen-bond donors (Lipinski definition) is 1. The van der Waals surface area contributed by atoms with Gasteiger partial charge < -0.3 is 5.11 Å². The molecule has 1 aromatic carbocycles. The number of benzene rings is 1. The predicted octanol–water partition coefficient (Wildman–Crippen LogP) is 4.08. The van der Waals surface area contributed by atoms with Gasteiger partial charge in [0.2, 0.25) is 0 Å². The molecule has 0 radical (unpaired) electrons. The van der Waals surface area contributed by atoms with Gasteiger partial charge in [0.15, 0.2) is 0 Å². The van der Waals surface area contributed by atoms with E-state index < -0.39 is 0 Å². The monoisotopic (exact) mass is 258 g/mol. The van der Waals surface area contributed by atoms with Crippen molar-refractivity contribution < 1.29 is 5.11 Å². The molecule has 1 atom stereocenters. The molecule has 0 spiro atoms. The van der Waals surface area contributed by atoms with Crippen LogP contribution in [0.1, 0.15) is 41.2 Å². The van der Waals surface area contributed by atoms with E-state index in [1.54, 1.807) is 11.3 Å². The molecule has 2 heteroatoms. The molecule has 1 aromatic heterocycles. The standard InChI is InChI=1S/C16H18OS/c1-2-13-8-9-14(18-13)15(17)16(10-11-16)12-6-4-3-5-7-12/h3-9,15,17H,2,10-11H2,1H3. The summed E-state index contributed by atoms with van der Waals surface area (Å²) >= 11 is 1.75. The fourth-order valence-corrected chi connectivity index (χ4v) is 3.68. The molecular formula is C16H18OS. The molecule has 1 aliphatic carbocycles. The number of hydrogen-bond acceptors (Lipinski definition) is 2. The van der Waals surface area contributed by atoms with Crippen LogP contribution in [0, 0.1) is 0 Å². The van der Waals surface area contributed by atoms with E-state index in [-0.39, 0.29) is 11.5 Å². The summed E-state index contributed by atoms with van der Waals surface area (Å²) in [5.41, 5.74) is 1.26. The van der Waals surface area contributed by atoms with E-state index in [1.807, 2.05) is 6.07 Å². The third-order valence-electron chi connectivity index (χ3n) is 3.96. The van der Waals surface area contributed by atoms with E-state index >= 15 is 0 Å². The number of aliphatic hydroxyl groups is 1. The maximum absolute atomic E-state index is 10.7. The van der Waals surface area contributed by atoms with E-state index in [1.165, 1.54) is 10.4 Å². The highest BCUT2D eigenvalue weighted by molar-refractivity contribution is 7.12. The van der Waals surface area contributed by atoms with Gasteiger partial charge in [0, 0.05) is 15.2 Å². The molecule has 0 amide bonds. The van der Waals surface area contributed by atoms with Gasteiger partial charge in [-0.25, -0.2) is 0 Å². The van der Waals surface area contributed by atoms with E-state index in [4.69, 9.17) is 0 Å². The van der Waals surface area contributed by atoms with E-state index in [2.05, 4.69) is 43.3 Å². The first-order valence-electron chi connectivity index (χ1n) is 6.58. The summed E-state index contributed by atoms with van der Waals surface area (Å²) in [6.07, 6.45) is 2.90. The van der Waals surface area contributed by atoms with Crippen LogP contribution in [-0.4, -0.2) is 5.11 Å². The fraction of sp³-hybridized carbons (Fsp3) is 0.375. The van der Waals surface area contributed by atoms with Crippen LogP contribution in [0.5, 0.6) is 0 Å². The number of aryl methyl sites for hydroxylation is 1. The maximum Gasteiger partial charge on any atom is 0.0978 e. The van der Waals surface area contributed by atoms with Crippen LogP contribution in [0.4, 0.5) is 0 Å². The summed E-state index contributed by atoms with van der Waals surface area (Å²) in [6, 6.07) is 14.7. The Labute approximate surface area is 112 Å². The van der Waals surface area contributed by atoms with E-state index in [0.717, 1.165) is 24.1 Å². The summed E-state index contributed by atoms with van der Waals surface area (Å²) in [6.45, 7) is 2.16. The van der Waals surface area contributed by atoms with Crippen molar-refractivity contribution in [3.05, 3.63) is 57.8 Å². The fourth-order valence-electron chi connectivity index (χ4n) is 2.63. The van der Waals surface area contributed by atoms with Crippen molar-refractivity contribution in [3.8, 4) is 0 Å². The minimum Gasteiger partial charge on any atom is -0.387 e. The van der Waals surface area contributed by atoms with Crippen molar-refractivity contribution in [1.82, 2.24) is 0 Å². The first kappa shape index (κ1) is 11.9. The number of aliphatic hydroxyl groups excluding tert-OH is 1. The highest BCUT2D eigenvalue weighted by Crippen LogP contribution is 2.57. The van der Waals surface area contributed by atoms with Crippen molar-refractivity contribution in [2.45, 2.75) is 37.7 Å². The number of thiophene rings is 1. The smallest absolute Gasteiger partial charge is 0.0978 e. The van der Waals surface area contributed by atoms with Gasteiger partial charge in [0.05, 0.1) is 6.10 Å². The molecule has 1 heterocycles. The SMILES string of the molecule is CCc1ccc(C(O)C2(c3ccccc3)CC2)s1. The Morgan fingerprint density at radius 1 is 1.17 bits per heavy atom. The average molecular weight is 258 g/mol. The molecule has 1 saturated carbocycles. The molecule has 94 valence electrons. The van der Waals surface area contributed by atoms with Crippen LogP contribution in [0.3, 0.4) is 0 Å². The second-order valence-corrected chi connectivity index (χ2v) is 6.28. The van der Waals surface area contributed by atoms with Gasteiger partial charge in [-0.3, -0.25) is 0 Å². The van der Waals surface area contributed by atoms with Gasteiger partial charge in [0.25, 0.3) is 0 Å². The first-order valence-corrected chi connectivity index (χ1v) is 7.40. The lowest BCUT2D eigenvalue weighted by molar-refractivity contribution is 0.136. The third kappa shape index (κ3) is 1.90. The second-order valence-electron chi connectivity index (χ2n) is 5.08. The minimum atomic E-state index is -0.342. The molecule has 1 aliphatic rings. The summed E-state index contributed by atoms with van der Waals surface area (Å²) in [5, 5.41) is 10.7. The maximum atomic E-state index is 10.7. The predicted molar refractivity (Wildman–Crippen MR) is 76.0 cm³/mol. The van der Waals surface area contributed by atoms with Crippen molar-refractivity contribution in [2.75, 3.05) is 0 Å². The molecule has 0 bridgehead atoms. The van der Waals surface area contributed by atoms with Crippen molar-refractivity contribution in [1.29, 1.82) is 0 Å². The highest BCUT2D eigenvalue weighted by atomic mass is 32.1. The van der Waals surface area contributed by atoms with Crippen LogP contribution >= 0.6 is 11.3 Å². The Bertz CT molecular complexity index is 525. The minimum absolute atomic E-state index is 0.0167. The van der Waals surface area contributed by atoms with Crippen LogP contribution in [0.2, 0.25) is 0 Å². The lowest BCUT2D eigenvalue weighted by atomic mass is 9.89. The van der Waals surface area contributed by atoms with Crippen LogP contribution in [0.25, 0.3) is 0 Å². The van der Waals surface area contributed by atoms with Gasteiger partial charge in [-0.15, -0.1) is 11.3 Å². The van der Waals surface area contributed by atoms with Gasteiger partial charge in [-0.2, -0.15) is 0 Å². The Morgan fingerprint density at radius 3 is 2.44 bits per heavy atom. The zero-order valence-electron chi connectivity index (χ0n) is 10.6. The van der Waals surface area contributed by atoms with E-state index in [0.29, 0.717) is 0 Å². The molecule has 1 unspecified atom stereocenters. The third-order valence-corrected chi connectivity index (χ3v) is 5.24. The Hall–Kier alpha value is -1.12. The quantitative estimate of drug-likeness (QED) is 0.876. The average Bonchev–Trinajstić information content (AvgIpc) is 3.10. The number of rotatable bonds is 4. The molecule has 0 aliphatic heterocycles. The highest BCUT2D eigenvalue weighted by Gasteiger charge is 2.51. The molecular weight excluding hydrogens is 240 g/mol. The molecule has 1 fully saturated rings. The molecule has 1 nitrogen and oxygen atoms in total. The van der Waals surface area contributed by atoms with Gasteiger partial charge in [-0.1, -0.05) is 37.3 Å². The Morgan fingerprint density at radius 2 is 1.89 bits per heavy atom. The molecule has 18 heavy (non-hydrogen) atoms. The largest absolute Gasteiger partial charge is 0.387 e. The lowest BCUT2D eigenvalue weighted by Gasteiger charge is -2.21. The Kier molecular flexibility index (Phi) is 3.00. The first-order chi connectivity index (χ1) is 8.76. The van der Waals surface area contributed by atoms with Crippen LogP contribution < -0.4 is 0 Å². The second kappa shape index (κ2) is 4.52. The van der Waals surface area contributed by atoms with E-state index in [9.17, 15) is 5.11 Å². The zero-order valence-corrected chi connectivity index (χ0v) is 11.4. The van der Waals surface area contributed by atoms with Crippen molar-refractivity contribution >= 4 is 11.3 Å². The lowest BCUT2D eigenvalue weighted by Crippen LogP contribution is -2.17. The van der Waals surface area contributed by atoms with Crippen LogP contribution in [-0.2, 0) is 11.8 Å². The molecule has 2 aromatic rings.